The highest BCUT2D eigenvalue weighted by atomic mass is 16.5. The highest BCUT2D eigenvalue weighted by Crippen LogP contribution is 2.00. The maximum Gasteiger partial charge on any atom is 0.342 e. The Bertz CT molecular complexity index is 205. The van der Waals surface area contributed by atoms with Crippen molar-refractivity contribution in [2.75, 3.05) is 6.73 Å². The van der Waals surface area contributed by atoms with Gasteiger partial charge in [-0.25, -0.2) is 4.79 Å². The summed E-state index contributed by atoms with van der Waals surface area (Å²) in [5, 5.41) is 0. The van der Waals surface area contributed by atoms with Gasteiger partial charge < -0.3 is 9.15 Å². The number of esters is 1. The molecule has 0 saturated carbocycles. The smallest absolute Gasteiger partial charge is 0.342 e. The minimum absolute atomic E-state index is 0.107. The van der Waals surface area contributed by atoms with Crippen LogP contribution in [0.25, 0.3) is 0 Å². The lowest BCUT2D eigenvalue weighted by atomic mass is 10.3. The molecule has 0 atom stereocenters. The maximum atomic E-state index is 10.7. The molecule has 4 heteroatoms. The molecular formula is C6H7NO3. The first-order valence-electron chi connectivity index (χ1n) is 2.74. The molecule has 0 radical (unpaired) electrons. The van der Waals surface area contributed by atoms with Gasteiger partial charge in [0.15, 0.2) is 0 Å². The third-order valence-corrected chi connectivity index (χ3v) is 0.971. The predicted molar refractivity (Wildman–Crippen MR) is 33.2 cm³/mol. The van der Waals surface area contributed by atoms with Crippen molar-refractivity contribution in [2.24, 2.45) is 5.73 Å². The Labute approximate surface area is 57.6 Å². The normalized spacial score (nSPS) is 9.30. The van der Waals surface area contributed by atoms with E-state index in [0.29, 0.717) is 5.56 Å². The molecule has 1 heterocycles. The third kappa shape index (κ3) is 1.35. The Morgan fingerprint density at radius 3 is 3.10 bits per heavy atom. The van der Waals surface area contributed by atoms with Crippen LogP contribution in [0.3, 0.4) is 0 Å². The second-order valence-corrected chi connectivity index (χ2v) is 1.61. The van der Waals surface area contributed by atoms with Gasteiger partial charge in [-0.2, -0.15) is 0 Å². The van der Waals surface area contributed by atoms with E-state index in [1.807, 2.05) is 0 Å². The Kier molecular flexibility index (Phi) is 2.07. The predicted octanol–water partition coefficient (Wildman–Crippen LogP) is 0.353. The molecule has 0 fully saturated rings. The van der Waals surface area contributed by atoms with Crippen LogP contribution < -0.4 is 5.73 Å². The summed E-state index contributed by atoms with van der Waals surface area (Å²) in [6, 6.07) is 1.51. The van der Waals surface area contributed by atoms with Crippen LogP contribution in [0.4, 0.5) is 0 Å². The standard InChI is InChI=1S/C6H7NO3/c7-4-10-6(8)5-1-2-9-3-5/h1-3H,4,7H2. The Balaban J connectivity index is 2.59. The van der Waals surface area contributed by atoms with Crippen LogP contribution in [-0.4, -0.2) is 12.7 Å². The molecular weight excluding hydrogens is 134 g/mol. The Morgan fingerprint density at radius 1 is 1.80 bits per heavy atom. The van der Waals surface area contributed by atoms with Crippen molar-refractivity contribution in [1.82, 2.24) is 0 Å². The van der Waals surface area contributed by atoms with E-state index in [1.54, 1.807) is 0 Å². The van der Waals surface area contributed by atoms with Crippen LogP contribution >= 0.6 is 0 Å². The second-order valence-electron chi connectivity index (χ2n) is 1.61. The number of carbonyl (C=O) groups is 1. The zero-order valence-corrected chi connectivity index (χ0v) is 5.24. The van der Waals surface area contributed by atoms with Crippen molar-refractivity contribution in [3.05, 3.63) is 24.2 Å². The average Bonchev–Trinajstić information content (AvgIpc) is 2.38. The number of rotatable bonds is 2. The summed E-state index contributed by atoms with van der Waals surface area (Å²) in [7, 11) is 0. The summed E-state index contributed by atoms with van der Waals surface area (Å²) in [6.45, 7) is -0.107. The van der Waals surface area contributed by atoms with E-state index < -0.39 is 5.97 Å². The lowest BCUT2D eigenvalue weighted by Crippen LogP contribution is -2.11. The van der Waals surface area contributed by atoms with Gasteiger partial charge in [-0.15, -0.1) is 0 Å². The number of hydrogen-bond donors (Lipinski definition) is 1. The van der Waals surface area contributed by atoms with Crippen molar-refractivity contribution in [2.45, 2.75) is 0 Å². The van der Waals surface area contributed by atoms with Crippen molar-refractivity contribution in [3.63, 3.8) is 0 Å². The fourth-order valence-electron chi connectivity index (χ4n) is 0.540. The quantitative estimate of drug-likeness (QED) is 0.476. The van der Waals surface area contributed by atoms with Crippen LogP contribution in [0.5, 0.6) is 0 Å². The Hall–Kier alpha value is -1.29. The van der Waals surface area contributed by atoms with Crippen LogP contribution in [0.1, 0.15) is 10.4 Å². The molecule has 2 N–H and O–H groups in total. The van der Waals surface area contributed by atoms with Gasteiger partial charge in [0.25, 0.3) is 0 Å². The van der Waals surface area contributed by atoms with Gasteiger partial charge in [-0.1, -0.05) is 0 Å². The largest absolute Gasteiger partial charge is 0.472 e. The summed E-state index contributed by atoms with van der Waals surface area (Å²) in [6.07, 6.45) is 2.70. The van der Waals surface area contributed by atoms with E-state index in [1.165, 1.54) is 18.6 Å². The van der Waals surface area contributed by atoms with Gasteiger partial charge in [0.1, 0.15) is 13.0 Å². The van der Waals surface area contributed by atoms with Gasteiger partial charge in [-0.05, 0) is 6.07 Å². The molecule has 1 rings (SSSR count). The molecule has 1 aromatic heterocycles. The highest BCUT2D eigenvalue weighted by molar-refractivity contribution is 5.88. The molecule has 1 aromatic rings. The van der Waals surface area contributed by atoms with Crippen LogP contribution in [-0.2, 0) is 4.74 Å². The molecule has 0 aromatic carbocycles. The van der Waals surface area contributed by atoms with Gasteiger partial charge in [0.05, 0.1) is 11.8 Å². The minimum atomic E-state index is -0.462. The Morgan fingerprint density at radius 2 is 2.60 bits per heavy atom. The summed E-state index contributed by atoms with van der Waals surface area (Å²) >= 11 is 0. The van der Waals surface area contributed by atoms with E-state index in [-0.39, 0.29) is 6.73 Å². The van der Waals surface area contributed by atoms with Gasteiger partial charge in [0, 0.05) is 0 Å². The van der Waals surface area contributed by atoms with E-state index in [9.17, 15) is 4.79 Å². The van der Waals surface area contributed by atoms with E-state index in [4.69, 9.17) is 5.73 Å². The molecule has 0 aliphatic heterocycles. The van der Waals surface area contributed by atoms with Gasteiger partial charge in [-0.3, -0.25) is 5.73 Å². The highest BCUT2D eigenvalue weighted by Gasteiger charge is 2.05. The van der Waals surface area contributed by atoms with E-state index >= 15 is 0 Å². The fraction of sp³-hybridized carbons (Fsp3) is 0.167. The van der Waals surface area contributed by atoms with Crippen molar-refractivity contribution in [1.29, 1.82) is 0 Å². The molecule has 4 nitrogen and oxygen atoms in total. The summed E-state index contributed by atoms with van der Waals surface area (Å²) in [4.78, 5) is 10.7. The zero-order valence-electron chi connectivity index (χ0n) is 5.24. The lowest BCUT2D eigenvalue weighted by molar-refractivity contribution is 0.0514. The molecule has 0 aliphatic rings. The third-order valence-electron chi connectivity index (χ3n) is 0.971. The first-order valence-corrected chi connectivity index (χ1v) is 2.74. The summed E-state index contributed by atoms with van der Waals surface area (Å²) < 4.78 is 9.11. The second kappa shape index (κ2) is 3.03. The molecule has 0 bridgehead atoms. The van der Waals surface area contributed by atoms with E-state index in [2.05, 4.69) is 9.15 Å². The summed E-state index contributed by atoms with van der Waals surface area (Å²) in [5.74, 6) is -0.462. The number of carbonyl (C=O) groups excluding carboxylic acids is 1. The monoisotopic (exact) mass is 141 g/mol. The lowest BCUT2D eigenvalue weighted by Gasteiger charge is -1.95. The number of hydrogen-bond acceptors (Lipinski definition) is 4. The molecule has 54 valence electrons. The average molecular weight is 141 g/mol. The van der Waals surface area contributed by atoms with Crippen molar-refractivity contribution < 1.29 is 13.9 Å². The molecule has 0 unspecified atom stereocenters. The number of ether oxygens (including phenoxy) is 1. The number of furan rings is 1. The summed E-state index contributed by atoms with van der Waals surface area (Å²) in [5.41, 5.74) is 5.34. The van der Waals surface area contributed by atoms with Crippen LogP contribution in [0.15, 0.2) is 23.0 Å². The molecule has 0 aliphatic carbocycles. The maximum absolute atomic E-state index is 10.7. The SMILES string of the molecule is NCOC(=O)c1ccoc1. The topological polar surface area (TPSA) is 65.5 Å². The number of nitrogens with two attached hydrogens (primary N) is 1. The van der Waals surface area contributed by atoms with Crippen LogP contribution in [0.2, 0.25) is 0 Å². The molecule has 0 amide bonds. The molecule has 10 heavy (non-hydrogen) atoms. The first-order chi connectivity index (χ1) is 4.84. The molecule has 0 saturated heterocycles. The van der Waals surface area contributed by atoms with Crippen molar-refractivity contribution >= 4 is 5.97 Å². The minimum Gasteiger partial charge on any atom is -0.472 e. The van der Waals surface area contributed by atoms with Crippen molar-refractivity contribution in [3.8, 4) is 0 Å². The van der Waals surface area contributed by atoms with Gasteiger partial charge >= 0.3 is 5.97 Å². The zero-order chi connectivity index (χ0) is 7.40. The van der Waals surface area contributed by atoms with E-state index in [0.717, 1.165) is 0 Å². The van der Waals surface area contributed by atoms with Gasteiger partial charge in [0.2, 0.25) is 0 Å². The molecule has 0 spiro atoms. The van der Waals surface area contributed by atoms with Crippen LogP contribution in [0, 0.1) is 0 Å². The first kappa shape index (κ1) is 6.82. The fourth-order valence-corrected chi connectivity index (χ4v) is 0.540.